The van der Waals surface area contributed by atoms with Crippen LogP contribution < -0.4 is 11.3 Å². The molecule has 0 aliphatic rings. The van der Waals surface area contributed by atoms with Gasteiger partial charge in [0.15, 0.2) is 0 Å². The van der Waals surface area contributed by atoms with Crippen LogP contribution in [0.2, 0.25) is 0 Å². The summed E-state index contributed by atoms with van der Waals surface area (Å²) in [4.78, 5) is 25.1. The van der Waals surface area contributed by atoms with Crippen molar-refractivity contribution in [1.29, 1.82) is 0 Å². The molecule has 5 heteroatoms. The molecule has 1 aromatic heterocycles. The Morgan fingerprint density at radius 3 is 2.79 bits per heavy atom. The number of nitrogens with one attached hydrogen (secondary N) is 1. The van der Waals surface area contributed by atoms with Crippen LogP contribution in [0, 0.1) is 0 Å². The SMILES string of the molecule is COC(=O)[C@@](C)(N)c1ccc[nH]c1=O. The van der Waals surface area contributed by atoms with Gasteiger partial charge in [-0.05, 0) is 19.1 Å². The molecule has 0 spiro atoms. The number of carbonyl (C=O) groups excluding carboxylic acids is 1. The molecule has 1 atom stereocenters. The average Bonchev–Trinajstić information content (AvgIpc) is 2.17. The van der Waals surface area contributed by atoms with E-state index in [2.05, 4.69) is 9.72 Å². The lowest BCUT2D eigenvalue weighted by Crippen LogP contribution is -2.46. The third kappa shape index (κ3) is 1.67. The van der Waals surface area contributed by atoms with Gasteiger partial charge in [-0.25, -0.2) is 4.79 Å². The van der Waals surface area contributed by atoms with Crippen LogP contribution in [0.4, 0.5) is 0 Å². The molecule has 1 aromatic rings. The van der Waals surface area contributed by atoms with Gasteiger partial charge in [-0.15, -0.1) is 0 Å². The van der Waals surface area contributed by atoms with Crippen molar-refractivity contribution in [2.24, 2.45) is 5.73 Å². The summed E-state index contributed by atoms with van der Waals surface area (Å²) in [5.41, 5.74) is 4.09. The average molecular weight is 196 g/mol. The van der Waals surface area contributed by atoms with E-state index in [1.807, 2.05) is 0 Å². The van der Waals surface area contributed by atoms with Crippen molar-refractivity contribution in [1.82, 2.24) is 4.98 Å². The molecule has 0 unspecified atom stereocenters. The number of rotatable bonds is 2. The Kier molecular flexibility index (Phi) is 2.71. The number of pyridine rings is 1. The Morgan fingerprint density at radius 1 is 1.64 bits per heavy atom. The van der Waals surface area contributed by atoms with Gasteiger partial charge in [0.25, 0.3) is 5.56 Å². The van der Waals surface area contributed by atoms with Crippen molar-refractivity contribution in [2.45, 2.75) is 12.5 Å². The smallest absolute Gasteiger partial charge is 0.330 e. The van der Waals surface area contributed by atoms with Crippen LogP contribution in [0.15, 0.2) is 23.1 Å². The largest absolute Gasteiger partial charge is 0.467 e. The summed E-state index contributed by atoms with van der Waals surface area (Å²) < 4.78 is 4.51. The molecule has 0 saturated heterocycles. The van der Waals surface area contributed by atoms with E-state index in [1.165, 1.54) is 26.3 Å². The van der Waals surface area contributed by atoms with E-state index in [1.54, 1.807) is 6.07 Å². The van der Waals surface area contributed by atoms with Gasteiger partial charge in [-0.2, -0.15) is 0 Å². The zero-order chi connectivity index (χ0) is 10.8. The lowest BCUT2D eigenvalue weighted by Gasteiger charge is -2.20. The fourth-order valence-electron chi connectivity index (χ4n) is 1.15. The second-order valence-electron chi connectivity index (χ2n) is 3.11. The molecular formula is C9H12N2O3. The van der Waals surface area contributed by atoms with Crippen LogP contribution in [0.3, 0.4) is 0 Å². The van der Waals surface area contributed by atoms with Gasteiger partial charge in [0.2, 0.25) is 0 Å². The Labute approximate surface area is 80.9 Å². The van der Waals surface area contributed by atoms with E-state index < -0.39 is 11.5 Å². The molecule has 0 amide bonds. The van der Waals surface area contributed by atoms with Crippen LogP contribution in [0.5, 0.6) is 0 Å². The first-order valence-corrected chi connectivity index (χ1v) is 4.05. The minimum absolute atomic E-state index is 0.187. The third-order valence-corrected chi connectivity index (χ3v) is 1.99. The fourth-order valence-corrected chi connectivity index (χ4v) is 1.15. The van der Waals surface area contributed by atoms with E-state index in [-0.39, 0.29) is 11.1 Å². The molecular weight excluding hydrogens is 184 g/mol. The lowest BCUT2D eigenvalue weighted by atomic mass is 9.95. The fraction of sp³-hybridized carbons (Fsp3) is 0.333. The predicted molar refractivity (Wildman–Crippen MR) is 50.6 cm³/mol. The molecule has 1 rings (SSSR count). The summed E-state index contributed by atoms with van der Waals surface area (Å²) >= 11 is 0. The summed E-state index contributed by atoms with van der Waals surface area (Å²) in [6.45, 7) is 1.43. The molecule has 0 fully saturated rings. The summed E-state index contributed by atoms with van der Waals surface area (Å²) in [6.07, 6.45) is 1.47. The van der Waals surface area contributed by atoms with E-state index in [9.17, 15) is 9.59 Å². The van der Waals surface area contributed by atoms with Crippen molar-refractivity contribution in [3.8, 4) is 0 Å². The molecule has 76 valence electrons. The first-order valence-electron chi connectivity index (χ1n) is 4.05. The molecule has 0 aliphatic heterocycles. The van der Waals surface area contributed by atoms with Gasteiger partial charge >= 0.3 is 5.97 Å². The van der Waals surface area contributed by atoms with Crippen LogP contribution in [-0.2, 0) is 15.1 Å². The molecule has 0 radical (unpaired) electrons. The predicted octanol–water partition coefficient (Wildman–Crippen LogP) is -0.278. The minimum Gasteiger partial charge on any atom is -0.467 e. The van der Waals surface area contributed by atoms with Crippen LogP contribution in [0.1, 0.15) is 12.5 Å². The molecule has 0 saturated carbocycles. The summed E-state index contributed by atoms with van der Waals surface area (Å²) in [5.74, 6) is -0.644. The second-order valence-corrected chi connectivity index (χ2v) is 3.11. The Bertz CT molecular complexity index is 395. The van der Waals surface area contributed by atoms with Gasteiger partial charge in [0.1, 0.15) is 5.54 Å². The van der Waals surface area contributed by atoms with Crippen molar-refractivity contribution >= 4 is 5.97 Å². The van der Waals surface area contributed by atoms with Gasteiger partial charge in [-0.1, -0.05) is 0 Å². The monoisotopic (exact) mass is 196 g/mol. The zero-order valence-corrected chi connectivity index (χ0v) is 8.03. The van der Waals surface area contributed by atoms with Gasteiger partial charge in [0, 0.05) is 11.8 Å². The maximum Gasteiger partial charge on any atom is 0.330 e. The number of carbonyl (C=O) groups is 1. The number of H-pyrrole nitrogens is 1. The summed E-state index contributed by atoms with van der Waals surface area (Å²) in [5, 5.41) is 0. The van der Waals surface area contributed by atoms with Gasteiger partial charge in [-0.3, -0.25) is 4.79 Å². The number of hydrogen-bond acceptors (Lipinski definition) is 4. The van der Waals surface area contributed by atoms with E-state index in [0.717, 1.165) is 0 Å². The van der Waals surface area contributed by atoms with Crippen molar-refractivity contribution < 1.29 is 9.53 Å². The maximum atomic E-state index is 11.3. The van der Waals surface area contributed by atoms with Gasteiger partial charge in [0.05, 0.1) is 7.11 Å². The standard InChI is InChI=1S/C9H12N2O3/c1-9(10,8(13)14-2)6-4-3-5-11-7(6)12/h3-5H,10H2,1-2H3,(H,11,12)/t9-/m0/s1. The summed E-state index contributed by atoms with van der Waals surface area (Å²) in [6, 6.07) is 3.10. The molecule has 14 heavy (non-hydrogen) atoms. The third-order valence-electron chi connectivity index (χ3n) is 1.99. The molecule has 0 aliphatic carbocycles. The number of methoxy groups -OCH3 is 1. The topological polar surface area (TPSA) is 85.2 Å². The molecule has 0 aromatic carbocycles. The van der Waals surface area contributed by atoms with Crippen molar-refractivity contribution in [3.63, 3.8) is 0 Å². The zero-order valence-electron chi connectivity index (χ0n) is 8.03. The second kappa shape index (κ2) is 3.63. The number of aromatic amines is 1. The van der Waals surface area contributed by atoms with Crippen molar-refractivity contribution in [3.05, 3.63) is 34.2 Å². The Balaban J connectivity index is 3.23. The van der Waals surface area contributed by atoms with Crippen molar-refractivity contribution in [2.75, 3.05) is 7.11 Å². The van der Waals surface area contributed by atoms with Gasteiger partial charge < -0.3 is 15.5 Å². The molecule has 1 heterocycles. The van der Waals surface area contributed by atoms with Crippen LogP contribution in [-0.4, -0.2) is 18.1 Å². The number of esters is 1. The number of nitrogens with two attached hydrogens (primary N) is 1. The summed E-state index contributed by atoms with van der Waals surface area (Å²) in [7, 11) is 1.23. The molecule has 5 nitrogen and oxygen atoms in total. The maximum absolute atomic E-state index is 11.3. The minimum atomic E-state index is -1.41. The first-order chi connectivity index (χ1) is 6.50. The number of ether oxygens (including phenoxy) is 1. The first kappa shape index (κ1) is 10.5. The van der Waals surface area contributed by atoms with E-state index >= 15 is 0 Å². The van der Waals surface area contributed by atoms with Crippen LogP contribution >= 0.6 is 0 Å². The highest BCUT2D eigenvalue weighted by Crippen LogP contribution is 2.14. The number of aromatic nitrogens is 1. The van der Waals surface area contributed by atoms with E-state index in [0.29, 0.717) is 0 Å². The molecule has 3 N–H and O–H groups in total. The highest BCUT2D eigenvalue weighted by atomic mass is 16.5. The Morgan fingerprint density at radius 2 is 2.29 bits per heavy atom. The highest BCUT2D eigenvalue weighted by molar-refractivity contribution is 5.81. The quantitative estimate of drug-likeness (QED) is 0.637. The van der Waals surface area contributed by atoms with E-state index in [4.69, 9.17) is 5.73 Å². The molecule has 0 bridgehead atoms. The number of hydrogen-bond donors (Lipinski definition) is 2. The normalized spacial score (nSPS) is 14.5. The van der Waals surface area contributed by atoms with Crippen LogP contribution in [0.25, 0.3) is 0 Å². The lowest BCUT2D eigenvalue weighted by molar-refractivity contribution is -0.146. The Hall–Kier alpha value is -1.62. The highest BCUT2D eigenvalue weighted by Gasteiger charge is 2.33.